The van der Waals surface area contributed by atoms with E-state index < -0.39 is 10.0 Å². The normalized spacial score (nSPS) is 19.9. The number of halogens is 2. The minimum absolute atomic E-state index is 0.0857. The first kappa shape index (κ1) is 11.2. The van der Waals surface area contributed by atoms with Crippen LogP contribution in [0.1, 0.15) is 5.56 Å². The second-order valence-corrected chi connectivity index (χ2v) is 5.85. The number of sulfonamides is 1. The molecular weight excluding hydrogens is 259 g/mol. The fourth-order valence-electron chi connectivity index (χ4n) is 1.41. The summed E-state index contributed by atoms with van der Waals surface area (Å²) in [5.41, 5.74) is 3.35. The molecule has 1 aromatic rings. The smallest absolute Gasteiger partial charge is 0.237 e. The van der Waals surface area contributed by atoms with E-state index in [2.05, 4.69) is 5.43 Å². The minimum Gasteiger partial charge on any atom is -0.237 e. The molecule has 1 heterocycles. The van der Waals surface area contributed by atoms with Crippen molar-refractivity contribution in [2.24, 2.45) is 0 Å². The number of rotatable bonds is 0. The molecule has 0 fully saturated rings. The maximum atomic E-state index is 11.9. The zero-order chi connectivity index (χ0) is 11.2. The monoisotopic (exact) mass is 266 g/mol. The molecule has 1 aromatic carbocycles. The van der Waals surface area contributed by atoms with E-state index in [1.165, 1.54) is 7.05 Å². The zero-order valence-corrected chi connectivity index (χ0v) is 10.1. The van der Waals surface area contributed by atoms with E-state index in [4.69, 9.17) is 23.2 Å². The molecule has 0 saturated carbocycles. The van der Waals surface area contributed by atoms with Crippen LogP contribution in [-0.2, 0) is 16.6 Å². The number of fused-ring (bicyclic) bond motifs is 1. The van der Waals surface area contributed by atoms with Crippen LogP contribution in [0.4, 0.5) is 0 Å². The second-order valence-electron chi connectivity index (χ2n) is 3.16. The first-order valence-electron chi connectivity index (χ1n) is 4.14. The Kier molecular flexibility index (Phi) is 2.68. The topological polar surface area (TPSA) is 49.4 Å². The molecule has 1 aliphatic heterocycles. The average Bonchev–Trinajstić information content (AvgIpc) is 2.17. The van der Waals surface area contributed by atoms with Crippen molar-refractivity contribution in [2.45, 2.75) is 11.4 Å². The molecule has 0 aliphatic carbocycles. The second kappa shape index (κ2) is 3.61. The summed E-state index contributed by atoms with van der Waals surface area (Å²) in [5, 5.41) is 0.330. The zero-order valence-electron chi connectivity index (χ0n) is 7.79. The average molecular weight is 267 g/mol. The molecule has 0 saturated heterocycles. The van der Waals surface area contributed by atoms with Gasteiger partial charge in [0.05, 0.1) is 10.0 Å². The number of hydrogen-bond acceptors (Lipinski definition) is 3. The Morgan fingerprint density at radius 3 is 2.73 bits per heavy atom. The Morgan fingerprint density at radius 1 is 1.40 bits per heavy atom. The Labute approximate surface area is 97.8 Å². The maximum absolute atomic E-state index is 11.9. The van der Waals surface area contributed by atoms with Gasteiger partial charge < -0.3 is 0 Å². The highest BCUT2D eigenvalue weighted by atomic mass is 35.5. The highest BCUT2D eigenvalue weighted by molar-refractivity contribution is 7.89. The van der Waals surface area contributed by atoms with E-state index in [1.54, 1.807) is 12.1 Å². The van der Waals surface area contributed by atoms with Gasteiger partial charge in [-0.2, -0.15) is 0 Å². The molecule has 0 spiro atoms. The van der Waals surface area contributed by atoms with Crippen LogP contribution in [0, 0.1) is 0 Å². The van der Waals surface area contributed by atoms with Gasteiger partial charge in [-0.1, -0.05) is 29.3 Å². The van der Waals surface area contributed by atoms with Gasteiger partial charge in [-0.15, -0.1) is 4.41 Å². The lowest BCUT2D eigenvalue weighted by molar-refractivity contribution is 0.350. The van der Waals surface area contributed by atoms with Crippen LogP contribution in [0.25, 0.3) is 0 Å². The van der Waals surface area contributed by atoms with Gasteiger partial charge in [0.1, 0.15) is 4.90 Å². The van der Waals surface area contributed by atoms with Crippen molar-refractivity contribution in [3.8, 4) is 0 Å². The van der Waals surface area contributed by atoms with Crippen molar-refractivity contribution in [2.75, 3.05) is 7.05 Å². The highest BCUT2D eigenvalue weighted by Gasteiger charge is 2.31. The summed E-state index contributed by atoms with van der Waals surface area (Å²) in [7, 11) is -2.14. The van der Waals surface area contributed by atoms with Crippen LogP contribution in [-0.4, -0.2) is 19.9 Å². The Hall–Kier alpha value is -0.330. The lowest BCUT2D eigenvalue weighted by Crippen LogP contribution is -2.43. The van der Waals surface area contributed by atoms with Crippen molar-refractivity contribution in [1.29, 1.82) is 0 Å². The standard InChI is InChI=1S/C8H8Cl2N2O2S/c1-12-11-4-5-2-3-6(9)7(10)8(5)15(12,13)14/h2-3,11H,4H2,1H3. The van der Waals surface area contributed by atoms with Crippen LogP contribution in [0.2, 0.25) is 10.0 Å². The van der Waals surface area contributed by atoms with Crippen LogP contribution >= 0.6 is 23.2 Å². The van der Waals surface area contributed by atoms with E-state index >= 15 is 0 Å². The van der Waals surface area contributed by atoms with Crippen LogP contribution < -0.4 is 5.43 Å². The Balaban J connectivity index is 2.78. The molecule has 0 atom stereocenters. The first-order chi connectivity index (χ1) is 6.94. The molecule has 0 radical (unpaired) electrons. The molecular formula is C8H8Cl2N2O2S. The van der Waals surface area contributed by atoms with Gasteiger partial charge in [0.25, 0.3) is 10.0 Å². The van der Waals surface area contributed by atoms with E-state index in [0.29, 0.717) is 12.1 Å². The third kappa shape index (κ3) is 1.64. The quantitative estimate of drug-likeness (QED) is 0.777. The van der Waals surface area contributed by atoms with Crippen molar-refractivity contribution in [1.82, 2.24) is 9.84 Å². The van der Waals surface area contributed by atoms with Gasteiger partial charge in [-0.25, -0.2) is 13.8 Å². The summed E-state index contributed by atoms with van der Waals surface area (Å²) < 4.78 is 24.8. The molecule has 2 rings (SSSR count). The summed E-state index contributed by atoms with van der Waals surface area (Å²) in [6.07, 6.45) is 0. The molecule has 0 bridgehead atoms. The summed E-state index contributed by atoms with van der Waals surface area (Å²) in [5.74, 6) is 0. The van der Waals surface area contributed by atoms with Gasteiger partial charge in [-0.3, -0.25) is 0 Å². The van der Waals surface area contributed by atoms with Crippen molar-refractivity contribution < 1.29 is 8.42 Å². The molecule has 0 aromatic heterocycles. The summed E-state index contributed by atoms with van der Waals surface area (Å²) in [6.45, 7) is 0.419. The van der Waals surface area contributed by atoms with E-state index in [1.807, 2.05) is 0 Å². The van der Waals surface area contributed by atoms with Crippen LogP contribution in [0.3, 0.4) is 0 Å². The van der Waals surface area contributed by atoms with Gasteiger partial charge >= 0.3 is 0 Å². The molecule has 0 amide bonds. The number of hydrogen-bond donors (Lipinski definition) is 1. The van der Waals surface area contributed by atoms with Gasteiger partial charge in [0, 0.05) is 13.6 Å². The van der Waals surface area contributed by atoms with E-state index in [-0.39, 0.29) is 14.9 Å². The lowest BCUT2D eigenvalue weighted by atomic mass is 10.2. The lowest BCUT2D eigenvalue weighted by Gasteiger charge is -2.26. The van der Waals surface area contributed by atoms with Crippen molar-refractivity contribution in [3.63, 3.8) is 0 Å². The van der Waals surface area contributed by atoms with Crippen molar-refractivity contribution in [3.05, 3.63) is 27.7 Å². The van der Waals surface area contributed by atoms with Gasteiger partial charge in [-0.05, 0) is 11.6 Å². The van der Waals surface area contributed by atoms with Crippen molar-refractivity contribution >= 4 is 33.2 Å². The molecule has 1 N–H and O–H groups in total. The number of nitrogens with zero attached hydrogens (tertiary/aromatic N) is 1. The highest BCUT2D eigenvalue weighted by Crippen LogP contribution is 2.35. The van der Waals surface area contributed by atoms with Gasteiger partial charge in [0.2, 0.25) is 0 Å². The number of hydrazine groups is 1. The molecule has 7 heteroatoms. The predicted molar refractivity (Wildman–Crippen MR) is 58.3 cm³/mol. The SMILES string of the molecule is CN1NCc2ccc(Cl)c(Cl)c2S1(=O)=O. The minimum atomic E-state index is -3.57. The third-order valence-electron chi connectivity index (χ3n) is 2.24. The molecule has 1 aliphatic rings. The summed E-state index contributed by atoms with van der Waals surface area (Å²) >= 11 is 11.7. The summed E-state index contributed by atoms with van der Waals surface area (Å²) in [4.78, 5) is 0.0953. The molecule has 4 nitrogen and oxygen atoms in total. The number of benzene rings is 1. The first-order valence-corrected chi connectivity index (χ1v) is 6.33. The van der Waals surface area contributed by atoms with Gasteiger partial charge in [0.15, 0.2) is 0 Å². The largest absolute Gasteiger partial charge is 0.257 e. The Morgan fingerprint density at radius 2 is 2.07 bits per heavy atom. The molecule has 0 unspecified atom stereocenters. The van der Waals surface area contributed by atoms with E-state index in [9.17, 15) is 8.42 Å². The maximum Gasteiger partial charge on any atom is 0.257 e. The van der Waals surface area contributed by atoms with Crippen LogP contribution in [0.15, 0.2) is 17.0 Å². The molecule has 15 heavy (non-hydrogen) atoms. The third-order valence-corrected chi connectivity index (χ3v) is 4.99. The fraction of sp³-hybridized carbons (Fsp3) is 0.250. The summed E-state index contributed by atoms with van der Waals surface area (Å²) in [6, 6.07) is 3.24. The number of nitrogens with one attached hydrogen (secondary N) is 1. The molecule has 82 valence electrons. The fourth-order valence-corrected chi connectivity index (χ4v) is 3.42. The van der Waals surface area contributed by atoms with Crippen LogP contribution in [0.5, 0.6) is 0 Å². The predicted octanol–water partition coefficient (Wildman–Crippen LogP) is 1.63. The Bertz CT molecular complexity index is 516. The van der Waals surface area contributed by atoms with E-state index in [0.717, 1.165) is 4.41 Å².